The quantitative estimate of drug-likeness (QED) is 0.0274. The average Bonchev–Trinajstić information content (AvgIpc) is 3.70. The molecule has 0 aromatic heterocycles. The first-order valence-electron chi connectivity index (χ1n) is 18.1. The highest BCUT2D eigenvalue weighted by atomic mass is 32.2. The number of carboxylic acids is 1. The van der Waals surface area contributed by atoms with Gasteiger partial charge in [0, 0.05) is 62.5 Å². The van der Waals surface area contributed by atoms with Crippen LogP contribution in [0.15, 0.2) is 18.2 Å². The van der Waals surface area contributed by atoms with Crippen LogP contribution in [0.5, 0.6) is 0 Å². The zero-order chi connectivity index (χ0) is 40.2. The van der Waals surface area contributed by atoms with E-state index in [-0.39, 0.29) is 80.3 Å². The lowest BCUT2D eigenvalue weighted by molar-refractivity contribution is -0.386. The molecule has 6 amide bonds. The first kappa shape index (κ1) is 44.7. The molecule has 2 aliphatic heterocycles. The Hall–Kier alpha value is -4.73. The molecule has 0 radical (unpaired) electrons. The Morgan fingerprint density at radius 2 is 1.62 bits per heavy atom. The number of fused-ring (bicyclic) bond motifs is 1. The van der Waals surface area contributed by atoms with Crippen molar-refractivity contribution in [1.82, 2.24) is 37.2 Å². The molecule has 5 atom stereocenters. The minimum Gasteiger partial charge on any atom is -0.480 e. The van der Waals surface area contributed by atoms with E-state index >= 15 is 0 Å². The van der Waals surface area contributed by atoms with E-state index < -0.39 is 35.0 Å². The third-order valence-corrected chi connectivity index (χ3v) is 10.2. The number of hydrogen-bond donors (Lipinski definition) is 8. The molecule has 2 fully saturated rings. The number of nitro groups is 1. The topological polar surface area (TPSA) is 278 Å². The van der Waals surface area contributed by atoms with Gasteiger partial charge in [-0.3, -0.25) is 24.5 Å². The molecule has 0 saturated carbocycles. The summed E-state index contributed by atoms with van der Waals surface area (Å²) in [4.78, 5) is 82.6. The van der Waals surface area contributed by atoms with Gasteiger partial charge in [-0.05, 0) is 38.4 Å². The number of amides is 6. The van der Waals surface area contributed by atoms with Crippen LogP contribution in [0.25, 0.3) is 0 Å². The van der Waals surface area contributed by atoms with Crippen molar-refractivity contribution in [2.75, 3.05) is 58.9 Å². The van der Waals surface area contributed by atoms with E-state index in [1.54, 1.807) is 0 Å². The second kappa shape index (κ2) is 23.9. The molecule has 306 valence electrons. The summed E-state index contributed by atoms with van der Waals surface area (Å²) in [5, 5.41) is 40.0. The molecule has 20 nitrogen and oxygen atoms in total. The average molecular weight is 797 g/mol. The minimum atomic E-state index is -1.29. The van der Waals surface area contributed by atoms with E-state index in [4.69, 9.17) is 14.2 Å². The molecule has 5 unspecified atom stereocenters. The van der Waals surface area contributed by atoms with E-state index in [1.165, 1.54) is 32.2 Å². The molecule has 8 N–H and O–H groups in total. The van der Waals surface area contributed by atoms with Crippen LogP contribution in [0.1, 0.15) is 62.7 Å². The van der Waals surface area contributed by atoms with Gasteiger partial charge in [-0.2, -0.15) is 11.8 Å². The Balaban J connectivity index is 1.19. The van der Waals surface area contributed by atoms with Gasteiger partial charge in [0.2, 0.25) is 17.7 Å². The van der Waals surface area contributed by atoms with Crippen LogP contribution in [0, 0.1) is 10.1 Å². The number of likely N-dealkylation sites (N-methyl/N-ethyl adjacent to an activating group) is 1. The fraction of sp³-hybridized carbons (Fsp3) is 0.647. The SMILES string of the molecule is CNCC(NC(=O)OC(C)c1cc(CNC(=O)CCC(=O)NCCOCCOCCNC(=O)CCCCC2SCC3NC(=O)NC32)ccc1[N+](=O)[O-])C(=O)O. The summed E-state index contributed by atoms with van der Waals surface area (Å²) in [5.74, 6) is -1.18. The summed E-state index contributed by atoms with van der Waals surface area (Å²) < 4.78 is 16.1. The van der Waals surface area contributed by atoms with E-state index in [1.807, 2.05) is 11.8 Å². The van der Waals surface area contributed by atoms with Gasteiger partial charge in [0.25, 0.3) is 5.69 Å². The van der Waals surface area contributed by atoms with Crippen LogP contribution in [0.4, 0.5) is 15.3 Å². The van der Waals surface area contributed by atoms with Crippen LogP contribution >= 0.6 is 11.8 Å². The number of alkyl carbamates (subject to hydrolysis) is 1. The van der Waals surface area contributed by atoms with E-state index in [0.29, 0.717) is 43.6 Å². The summed E-state index contributed by atoms with van der Waals surface area (Å²) in [6.45, 7) is 3.13. The van der Waals surface area contributed by atoms with Gasteiger partial charge in [-0.1, -0.05) is 12.5 Å². The lowest BCUT2D eigenvalue weighted by Gasteiger charge is -2.18. The maximum Gasteiger partial charge on any atom is 0.408 e. The minimum absolute atomic E-state index is 0.0155. The van der Waals surface area contributed by atoms with Gasteiger partial charge >= 0.3 is 18.1 Å². The number of carbonyl (C=O) groups excluding carboxylic acids is 5. The molecule has 3 rings (SSSR count). The van der Waals surface area contributed by atoms with E-state index in [0.717, 1.165) is 25.0 Å². The van der Waals surface area contributed by atoms with Crippen molar-refractivity contribution in [2.24, 2.45) is 0 Å². The number of benzene rings is 1. The number of carboxylic acid groups (broad SMARTS) is 1. The van der Waals surface area contributed by atoms with Gasteiger partial charge < -0.3 is 56.5 Å². The molecule has 0 aliphatic carbocycles. The monoisotopic (exact) mass is 796 g/mol. The predicted molar refractivity (Wildman–Crippen MR) is 199 cm³/mol. The van der Waals surface area contributed by atoms with Crippen molar-refractivity contribution in [3.8, 4) is 0 Å². The highest BCUT2D eigenvalue weighted by molar-refractivity contribution is 8.00. The van der Waals surface area contributed by atoms with Crippen molar-refractivity contribution in [1.29, 1.82) is 0 Å². The Morgan fingerprint density at radius 3 is 2.25 bits per heavy atom. The molecule has 21 heteroatoms. The smallest absolute Gasteiger partial charge is 0.408 e. The maximum absolute atomic E-state index is 12.4. The number of nitrogens with one attached hydrogen (secondary N) is 7. The van der Waals surface area contributed by atoms with Gasteiger partial charge in [-0.15, -0.1) is 0 Å². The van der Waals surface area contributed by atoms with Crippen LogP contribution < -0.4 is 37.2 Å². The second-order valence-electron chi connectivity index (χ2n) is 12.9. The lowest BCUT2D eigenvalue weighted by atomic mass is 10.0. The molecule has 2 saturated heterocycles. The van der Waals surface area contributed by atoms with E-state index in [2.05, 4.69) is 37.2 Å². The highest BCUT2D eigenvalue weighted by Gasteiger charge is 2.42. The van der Waals surface area contributed by atoms with Gasteiger partial charge in [0.05, 0.1) is 49.0 Å². The zero-order valence-corrected chi connectivity index (χ0v) is 31.8. The summed E-state index contributed by atoms with van der Waals surface area (Å²) in [7, 11) is 1.51. The number of aliphatic carboxylic acids is 1. The van der Waals surface area contributed by atoms with Crippen molar-refractivity contribution < 1.29 is 53.0 Å². The van der Waals surface area contributed by atoms with Crippen molar-refractivity contribution in [2.45, 2.75) is 81.5 Å². The first-order chi connectivity index (χ1) is 26.4. The van der Waals surface area contributed by atoms with Crippen molar-refractivity contribution in [3.05, 3.63) is 39.4 Å². The van der Waals surface area contributed by atoms with Crippen LogP contribution in [-0.4, -0.2) is 128 Å². The fourth-order valence-corrected chi connectivity index (χ4v) is 7.37. The number of thioether (sulfide) groups is 1. The number of rotatable bonds is 26. The zero-order valence-electron chi connectivity index (χ0n) is 31.0. The van der Waals surface area contributed by atoms with Crippen molar-refractivity contribution in [3.63, 3.8) is 0 Å². The van der Waals surface area contributed by atoms with Gasteiger partial charge in [0.15, 0.2) is 0 Å². The normalized spacial score (nSPS) is 18.2. The van der Waals surface area contributed by atoms with Crippen LogP contribution in [0.2, 0.25) is 0 Å². The number of hydrogen-bond acceptors (Lipinski definition) is 13. The van der Waals surface area contributed by atoms with E-state index in [9.17, 15) is 44.0 Å². The number of carbonyl (C=O) groups is 6. The largest absolute Gasteiger partial charge is 0.480 e. The lowest BCUT2D eigenvalue weighted by Crippen LogP contribution is -2.46. The Kier molecular flexibility index (Phi) is 19.4. The maximum atomic E-state index is 12.4. The molecular weight excluding hydrogens is 744 g/mol. The van der Waals surface area contributed by atoms with Crippen LogP contribution in [0.3, 0.4) is 0 Å². The van der Waals surface area contributed by atoms with Crippen molar-refractivity contribution >= 4 is 53.3 Å². The number of ether oxygens (including phenoxy) is 3. The molecule has 55 heavy (non-hydrogen) atoms. The van der Waals surface area contributed by atoms with Gasteiger partial charge in [-0.25, -0.2) is 14.4 Å². The molecule has 2 heterocycles. The molecule has 1 aromatic rings. The first-order valence-corrected chi connectivity index (χ1v) is 19.2. The third kappa shape index (κ3) is 16.3. The Morgan fingerprint density at radius 1 is 0.964 bits per heavy atom. The number of unbranched alkanes of at least 4 members (excludes halogenated alkanes) is 1. The highest BCUT2D eigenvalue weighted by Crippen LogP contribution is 2.33. The number of nitro benzene ring substituents is 1. The summed E-state index contributed by atoms with van der Waals surface area (Å²) in [5.41, 5.74) is 0.184. The molecule has 0 bridgehead atoms. The third-order valence-electron chi connectivity index (χ3n) is 8.67. The fourth-order valence-electron chi connectivity index (χ4n) is 5.82. The number of urea groups is 1. The van der Waals surface area contributed by atoms with Crippen LogP contribution in [-0.2, 0) is 39.9 Å². The molecule has 2 aliphatic rings. The number of nitrogens with zero attached hydrogens (tertiary/aromatic N) is 1. The summed E-state index contributed by atoms with van der Waals surface area (Å²) in [6, 6.07) is 3.06. The molecular formula is C34H52N8O12S. The van der Waals surface area contributed by atoms with Gasteiger partial charge in [0.1, 0.15) is 12.1 Å². The Bertz CT molecular complexity index is 1490. The predicted octanol–water partition coefficient (Wildman–Crippen LogP) is 0.442. The standard InChI is InChI=1S/C34H52N8O12S/c1-21(54-34(49)40-24(19-35-2)32(46)47)23-17-22(7-8-26(23)42(50)51)18-38-30(45)10-9-29(44)37-12-14-53-16-15-52-13-11-36-28(43)6-4-3-5-27-31-25(20-55-27)39-33(48)41-31/h7-8,17,21,24-25,27,31,35H,3-6,9-16,18-20H2,1-2H3,(H,36,43)(H,37,44)(H,38,45)(H,40,49)(H,46,47)(H2,39,41,48). The summed E-state index contributed by atoms with van der Waals surface area (Å²) >= 11 is 1.86. The molecule has 1 aromatic carbocycles. The second-order valence-corrected chi connectivity index (χ2v) is 14.1. The molecule has 0 spiro atoms. The summed E-state index contributed by atoms with van der Waals surface area (Å²) in [6.07, 6.45) is 0.725. The Labute approximate surface area is 322 Å².